The molecule has 2 rings (SSSR count). The summed E-state index contributed by atoms with van der Waals surface area (Å²) >= 11 is 0. The van der Waals surface area contributed by atoms with Gasteiger partial charge in [0.1, 0.15) is 5.60 Å². The Morgan fingerprint density at radius 3 is 2.89 bits per heavy atom. The maximum atomic E-state index is 12.4. The molecule has 0 spiro atoms. The summed E-state index contributed by atoms with van der Waals surface area (Å²) in [5.41, 5.74) is -1.14. The van der Waals surface area contributed by atoms with Gasteiger partial charge in [0.05, 0.1) is 12.0 Å². The highest BCUT2D eigenvalue weighted by molar-refractivity contribution is 5.83. The van der Waals surface area contributed by atoms with Gasteiger partial charge in [0.2, 0.25) is 5.91 Å². The minimum Gasteiger partial charge on any atom is -0.386 e. The second kappa shape index (κ2) is 5.55. The zero-order valence-corrected chi connectivity index (χ0v) is 11.1. The number of carbonyl (C=O) groups excluding carboxylic acids is 1. The largest absolute Gasteiger partial charge is 0.386 e. The van der Waals surface area contributed by atoms with Crippen LogP contribution in [-0.2, 0) is 9.53 Å². The van der Waals surface area contributed by atoms with Crippen molar-refractivity contribution in [3.63, 3.8) is 0 Å². The van der Waals surface area contributed by atoms with Crippen molar-refractivity contribution in [2.24, 2.45) is 5.41 Å². The van der Waals surface area contributed by atoms with Crippen LogP contribution in [0.15, 0.2) is 0 Å². The van der Waals surface area contributed by atoms with Gasteiger partial charge in [-0.15, -0.1) is 0 Å². The zero-order valence-electron chi connectivity index (χ0n) is 11.1. The zero-order chi connectivity index (χ0) is 13.1. The van der Waals surface area contributed by atoms with E-state index in [0.717, 1.165) is 32.4 Å². The van der Waals surface area contributed by atoms with Crippen LogP contribution in [0.1, 0.15) is 32.6 Å². The molecule has 2 atom stereocenters. The Balaban J connectivity index is 1.89. The molecule has 5 nitrogen and oxygen atoms in total. The second-order valence-corrected chi connectivity index (χ2v) is 5.67. The molecule has 2 aliphatic heterocycles. The van der Waals surface area contributed by atoms with Gasteiger partial charge in [0.25, 0.3) is 0 Å². The van der Waals surface area contributed by atoms with Gasteiger partial charge in [-0.1, -0.05) is 13.3 Å². The van der Waals surface area contributed by atoms with Crippen molar-refractivity contribution < 1.29 is 14.6 Å². The van der Waals surface area contributed by atoms with Crippen LogP contribution in [0, 0.1) is 5.41 Å². The first-order valence-electron chi connectivity index (χ1n) is 6.89. The van der Waals surface area contributed by atoms with Gasteiger partial charge in [-0.2, -0.15) is 0 Å². The molecule has 0 aromatic rings. The third kappa shape index (κ3) is 2.84. The summed E-state index contributed by atoms with van der Waals surface area (Å²) in [7, 11) is 0. The predicted molar refractivity (Wildman–Crippen MR) is 68.2 cm³/mol. The average Bonchev–Trinajstić information content (AvgIpc) is 2.97. The van der Waals surface area contributed by atoms with Crippen LogP contribution in [-0.4, -0.2) is 49.5 Å². The predicted octanol–water partition coefficient (Wildman–Crippen LogP) is 0.0338. The Morgan fingerprint density at radius 2 is 2.33 bits per heavy atom. The van der Waals surface area contributed by atoms with E-state index in [1.807, 2.05) is 0 Å². The Morgan fingerprint density at radius 1 is 1.50 bits per heavy atom. The van der Waals surface area contributed by atoms with Gasteiger partial charge >= 0.3 is 0 Å². The molecule has 2 fully saturated rings. The van der Waals surface area contributed by atoms with Crippen molar-refractivity contribution in [3.05, 3.63) is 0 Å². The van der Waals surface area contributed by atoms with Crippen LogP contribution < -0.4 is 10.6 Å². The number of carbonyl (C=O) groups is 1. The average molecular weight is 256 g/mol. The molecule has 5 heteroatoms. The number of hydrogen-bond donors (Lipinski definition) is 3. The van der Waals surface area contributed by atoms with Gasteiger partial charge in [-0.05, 0) is 19.4 Å². The van der Waals surface area contributed by atoms with Gasteiger partial charge < -0.3 is 20.5 Å². The van der Waals surface area contributed by atoms with E-state index in [0.29, 0.717) is 26.2 Å². The minimum atomic E-state index is -0.866. The Bertz CT molecular complexity index is 295. The molecule has 3 N–H and O–H groups in total. The van der Waals surface area contributed by atoms with Gasteiger partial charge in [0, 0.05) is 26.1 Å². The highest BCUT2D eigenvalue weighted by Gasteiger charge is 2.41. The monoisotopic (exact) mass is 256 g/mol. The number of nitrogens with one attached hydrogen (secondary N) is 2. The number of aliphatic hydroxyl groups is 1. The standard InChI is InChI=1S/C13H24N2O3/c1-2-3-12(4-6-14-8-12)11(16)15-9-13(17)5-7-18-10-13/h14,17H,2-10H2,1H3,(H,15,16). The molecule has 0 aliphatic carbocycles. The molecule has 0 saturated carbocycles. The second-order valence-electron chi connectivity index (χ2n) is 5.67. The van der Waals surface area contributed by atoms with E-state index in [1.54, 1.807) is 0 Å². The summed E-state index contributed by atoms with van der Waals surface area (Å²) in [6.07, 6.45) is 3.40. The number of rotatable bonds is 5. The van der Waals surface area contributed by atoms with Gasteiger partial charge in [-0.3, -0.25) is 4.79 Å². The first-order chi connectivity index (χ1) is 8.60. The molecule has 2 unspecified atom stereocenters. The number of amides is 1. The van der Waals surface area contributed by atoms with E-state index < -0.39 is 5.60 Å². The molecule has 0 bridgehead atoms. The van der Waals surface area contributed by atoms with E-state index in [4.69, 9.17) is 4.74 Å². The SMILES string of the molecule is CCCC1(C(=O)NCC2(O)CCOC2)CCNC1. The van der Waals surface area contributed by atoms with Gasteiger partial charge in [-0.25, -0.2) is 0 Å². The third-order valence-electron chi connectivity index (χ3n) is 4.11. The molecular weight excluding hydrogens is 232 g/mol. The Kier molecular flexibility index (Phi) is 4.25. The van der Waals surface area contributed by atoms with Crippen molar-refractivity contribution in [1.82, 2.24) is 10.6 Å². The van der Waals surface area contributed by atoms with E-state index in [-0.39, 0.29) is 11.3 Å². The summed E-state index contributed by atoms with van der Waals surface area (Å²) in [4.78, 5) is 12.4. The first-order valence-corrected chi connectivity index (χ1v) is 6.89. The lowest BCUT2D eigenvalue weighted by Crippen LogP contribution is -2.49. The van der Waals surface area contributed by atoms with Crippen molar-refractivity contribution in [3.8, 4) is 0 Å². The normalized spacial score (nSPS) is 35.9. The van der Waals surface area contributed by atoms with E-state index in [1.165, 1.54) is 0 Å². The molecule has 104 valence electrons. The minimum absolute atomic E-state index is 0.0784. The van der Waals surface area contributed by atoms with Crippen molar-refractivity contribution in [2.75, 3.05) is 32.8 Å². The Labute approximate surface area is 108 Å². The molecule has 18 heavy (non-hydrogen) atoms. The lowest BCUT2D eigenvalue weighted by molar-refractivity contribution is -0.131. The maximum absolute atomic E-state index is 12.4. The summed E-state index contributed by atoms with van der Waals surface area (Å²) in [6.45, 7) is 4.96. The quantitative estimate of drug-likeness (QED) is 0.649. The van der Waals surface area contributed by atoms with E-state index >= 15 is 0 Å². The van der Waals surface area contributed by atoms with Crippen molar-refractivity contribution in [2.45, 2.75) is 38.2 Å². The number of ether oxygens (including phenoxy) is 1. The lowest BCUT2D eigenvalue weighted by Gasteiger charge is -2.29. The summed E-state index contributed by atoms with van der Waals surface area (Å²) in [6, 6.07) is 0. The van der Waals surface area contributed by atoms with Crippen molar-refractivity contribution >= 4 is 5.91 Å². The van der Waals surface area contributed by atoms with Crippen LogP contribution >= 0.6 is 0 Å². The molecule has 2 heterocycles. The molecule has 2 aliphatic rings. The highest BCUT2D eigenvalue weighted by atomic mass is 16.5. The van der Waals surface area contributed by atoms with Crippen molar-refractivity contribution in [1.29, 1.82) is 0 Å². The molecule has 0 aromatic heterocycles. The van der Waals surface area contributed by atoms with Gasteiger partial charge in [0.15, 0.2) is 0 Å². The fraction of sp³-hybridized carbons (Fsp3) is 0.923. The van der Waals surface area contributed by atoms with Crippen LogP contribution in [0.3, 0.4) is 0 Å². The van der Waals surface area contributed by atoms with Crippen LogP contribution in [0.4, 0.5) is 0 Å². The molecule has 0 radical (unpaired) electrons. The topological polar surface area (TPSA) is 70.6 Å². The first kappa shape index (κ1) is 13.8. The smallest absolute Gasteiger partial charge is 0.227 e. The molecular formula is C13H24N2O3. The fourth-order valence-electron chi connectivity index (χ4n) is 2.91. The lowest BCUT2D eigenvalue weighted by atomic mass is 9.81. The molecule has 1 amide bonds. The molecule has 2 saturated heterocycles. The van der Waals surface area contributed by atoms with Crippen LogP contribution in [0.5, 0.6) is 0 Å². The summed E-state index contributed by atoms with van der Waals surface area (Å²) in [5.74, 6) is 0.0784. The van der Waals surface area contributed by atoms with E-state index in [9.17, 15) is 9.90 Å². The fourth-order valence-corrected chi connectivity index (χ4v) is 2.91. The molecule has 0 aromatic carbocycles. The summed E-state index contributed by atoms with van der Waals surface area (Å²) < 4.78 is 5.18. The third-order valence-corrected chi connectivity index (χ3v) is 4.11. The maximum Gasteiger partial charge on any atom is 0.227 e. The Hall–Kier alpha value is -0.650. The summed E-state index contributed by atoms with van der Waals surface area (Å²) in [5, 5.41) is 16.3. The highest BCUT2D eigenvalue weighted by Crippen LogP contribution is 2.31. The van der Waals surface area contributed by atoms with Crippen LogP contribution in [0.2, 0.25) is 0 Å². The van der Waals surface area contributed by atoms with E-state index in [2.05, 4.69) is 17.6 Å². The van der Waals surface area contributed by atoms with Crippen LogP contribution in [0.25, 0.3) is 0 Å². The number of hydrogen-bond acceptors (Lipinski definition) is 4.